The van der Waals surface area contributed by atoms with Gasteiger partial charge in [-0.05, 0) is 25.2 Å². The maximum atomic E-state index is 11.1. The second kappa shape index (κ2) is 5.69. The van der Waals surface area contributed by atoms with Crippen LogP contribution >= 0.6 is 0 Å². The Bertz CT molecular complexity index is 327. The lowest BCUT2D eigenvalue weighted by Gasteiger charge is -2.32. The minimum Gasteiger partial charge on any atom is -0.349 e. The summed E-state index contributed by atoms with van der Waals surface area (Å²) >= 11 is 0. The molecule has 0 radical (unpaired) electrons. The second-order valence-corrected chi connectivity index (χ2v) is 4.41. The van der Waals surface area contributed by atoms with Crippen molar-refractivity contribution in [1.29, 1.82) is 5.26 Å². The highest BCUT2D eigenvalue weighted by Gasteiger charge is 2.31. The lowest BCUT2D eigenvalue weighted by Crippen LogP contribution is -2.42. The molecule has 0 heterocycles. The zero-order valence-electron chi connectivity index (χ0n) is 10.3. The molecule has 0 bridgehead atoms. The average Bonchev–Trinajstić information content (AvgIpc) is 2.28. The predicted octanol–water partition coefficient (Wildman–Crippen LogP) is 2.40. The number of allylic oxidation sites excluding steroid dienone is 1. The summed E-state index contributed by atoms with van der Waals surface area (Å²) in [5, 5.41) is 12.1. The molecular weight excluding hydrogens is 200 g/mol. The molecule has 3 nitrogen and oxygen atoms in total. The van der Waals surface area contributed by atoms with Crippen LogP contribution in [0.25, 0.3) is 0 Å². The Balaban J connectivity index is 2.92. The van der Waals surface area contributed by atoms with Gasteiger partial charge in [-0.1, -0.05) is 25.5 Å². The van der Waals surface area contributed by atoms with Crippen LogP contribution < -0.4 is 5.32 Å². The van der Waals surface area contributed by atoms with E-state index in [1.165, 1.54) is 12.5 Å². The molecule has 0 spiro atoms. The van der Waals surface area contributed by atoms with Crippen LogP contribution in [0.2, 0.25) is 0 Å². The van der Waals surface area contributed by atoms with Crippen molar-refractivity contribution in [1.82, 2.24) is 5.32 Å². The molecule has 1 aliphatic carbocycles. The van der Waals surface area contributed by atoms with Crippen molar-refractivity contribution >= 4 is 5.91 Å². The van der Waals surface area contributed by atoms with Crippen molar-refractivity contribution < 1.29 is 4.79 Å². The lowest BCUT2D eigenvalue weighted by atomic mass is 9.77. The summed E-state index contributed by atoms with van der Waals surface area (Å²) in [7, 11) is 0. The van der Waals surface area contributed by atoms with Crippen LogP contribution in [-0.2, 0) is 4.79 Å². The summed E-state index contributed by atoms with van der Waals surface area (Å²) < 4.78 is 0. The van der Waals surface area contributed by atoms with Gasteiger partial charge >= 0.3 is 0 Å². The third kappa shape index (κ3) is 2.85. The fourth-order valence-electron chi connectivity index (χ4n) is 2.36. The van der Waals surface area contributed by atoms with Crippen LogP contribution in [0.3, 0.4) is 0 Å². The normalized spacial score (nSPS) is 29.1. The first-order valence-corrected chi connectivity index (χ1v) is 5.99. The molecule has 1 aliphatic rings. The second-order valence-electron chi connectivity index (χ2n) is 4.41. The molecule has 3 heteroatoms. The van der Waals surface area contributed by atoms with Gasteiger partial charge in [0.05, 0.1) is 18.0 Å². The Morgan fingerprint density at radius 1 is 1.62 bits per heavy atom. The number of nitrogens with one attached hydrogen (secondary N) is 1. The van der Waals surface area contributed by atoms with Gasteiger partial charge in [-0.25, -0.2) is 0 Å². The standard InChI is InChI=1S/C13H20N2O/c1-4-10-6-11(5-2)13(15-9(3)16)12(7-10)8-14/h6,10,12-13H,4-5,7H2,1-3H3,(H,15,16)/t10-,12+,13+/m1/s1. The zero-order valence-corrected chi connectivity index (χ0v) is 10.3. The van der Waals surface area contributed by atoms with E-state index in [1.54, 1.807) is 0 Å². The zero-order chi connectivity index (χ0) is 12.1. The third-order valence-electron chi connectivity index (χ3n) is 3.27. The Morgan fingerprint density at radius 2 is 2.31 bits per heavy atom. The van der Waals surface area contributed by atoms with E-state index < -0.39 is 0 Å². The van der Waals surface area contributed by atoms with Crippen molar-refractivity contribution in [2.75, 3.05) is 0 Å². The Kier molecular flexibility index (Phi) is 4.54. The summed E-state index contributed by atoms with van der Waals surface area (Å²) in [5.41, 5.74) is 1.21. The highest BCUT2D eigenvalue weighted by atomic mass is 16.1. The molecule has 0 saturated heterocycles. The largest absolute Gasteiger partial charge is 0.349 e. The van der Waals surface area contributed by atoms with Crippen LogP contribution in [0.1, 0.15) is 40.0 Å². The Hall–Kier alpha value is -1.30. The number of amides is 1. The monoisotopic (exact) mass is 220 g/mol. The number of carbonyl (C=O) groups excluding carboxylic acids is 1. The Morgan fingerprint density at radius 3 is 2.75 bits per heavy atom. The molecule has 16 heavy (non-hydrogen) atoms. The molecule has 0 unspecified atom stereocenters. The predicted molar refractivity (Wildman–Crippen MR) is 63.5 cm³/mol. The van der Waals surface area contributed by atoms with Gasteiger partial charge in [0.25, 0.3) is 0 Å². The number of rotatable bonds is 3. The molecule has 0 fully saturated rings. The van der Waals surface area contributed by atoms with Gasteiger partial charge in [-0.3, -0.25) is 4.79 Å². The van der Waals surface area contributed by atoms with Crippen molar-refractivity contribution in [2.24, 2.45) is 11.8 Å². The van der Waals surface area contributed by atoms with Crippen LogP contribution in [0.15, 0.2) is 11.6 Å². The van der Waals surface area contributed by atoms with Crippen molar-refractivity contribution in [3.8, 4) is 6.07 Å². The van der Waals surface area contributed by atoms with Crippen LogP contribution in [0.4, 0.5) is 0 Å². The van der Waals surface area contributed by atoms with Gasteiger partial charge in [0.2, 0.25) is 5.91 Å². The summed E-state index contributed by atoms with van der Waals surface area (Å²) in [6.45, 7) is 5.72. The number of nitriles is 1. The van der Waals surface area contributed by atoms with Crippen LogP contribution in [-0.4, -0.2) is 11.9 Å². The van der Waals surface area contributed by atoms with E-state index in [2.05, 4.69) is 31.3 Å². The first-order chi connectivity index (χ1) is 7.62. The molecule has 3 atom stereocenters. The van der Waals surface area contributed by atoms with E-state index in [4.69, 9.17) is 0 Å². The SMILES string of the molecule is CCC1=C[C@@H](CC)C[C@@H](C#N)[C@H]1NC(C)=O. The van der Waals surface area contributed by atoms with Crippen LogP contribution in [0.5, 0.6) is 0 Å². The summed E-state index contributed by atoms with van der Waals surface area (Å²) in [6.07, 6.45) is 5.07. The van der Waals surface area contributed by atoms with Gasteiger partial charge in [0.1, 0.15) is 0 Å². The molecule has 0 aliphatic heterocycles. The first kappa shape index (κ1) is 12.8. The number of hydrogen-bond donors (Lipinski definition) is 1. The maximum absolute atomic E-state index is 11.1. The van der Waals surface area contributed by atoms with Gasteiger partial charge in [0.15, 0.2) is 0 Å². The lowest BCUT2D eigenvalue weighted by molar-refractivity contribution is -0.119. The molecule has 0 aromatic rings. The fourth-order valence-corrected chi connectivity index (χ4v) is 2.36. The maximum Gasteiger partial charge on any atom is 0.217 e. The molecule has 1 N–H and O–H groups in total. The number of carbonyl (C=O) groups is 1. The molecular formula is C13H20N2O. The quantitative estimate of drug-likeness (QED) is 0.742. The van der Waals surface area contributed by atoms with E-state index in [0.29, 0.717) is 5.92 Å². The molecule has 0 aromatic heterocycles. The van der Waals surface area contributed by atoms with Gasteiger partial charge in [0, 0.05) is 6.92 Å². The van der Waals surface area contributed by atoms with E-state index in [9.17, 15) is 10.1 Å². The average molecular weight is 220 g/mol. The fraction of sp³-hybridized carbons (Fsp3) is 0.692. The molecule has 0 saturated carbocycles. The molecule has 1 amide bonds. The van der Waals surface area contributed by atoms with Gasteiger partial charge in [-0.15, -0.1) is 0 Å². The molecule has 1 rings (SSSR count). The minimum absolute atomic E-state index is 0.0560. The highest BCUT2D eigenvalue weighted by Crippen LogP contribution is 2.31. The smallest absolute Gasteiger partial charge is 0.217 e. The van der Waals surface area contributed by atoms with Gasteiger partial charge in [-0.2, -0.15) is 5.26 Å². The van der Waals surface area contributed by atoms with E-state index in [0.717, 1.165) is 19.3 Å². The van der Waals surface area contributed by atoms with E-state index in [-0.39, 0.29) is 17.9 Å². The molecule has 88 valence electrons. The highest BCUT2D eigenvalue weighted by molar-refractivity contribution is 5.73. The van der Waals surface area contributed by atoms with Crippen LogP contribution in [0, 0.1) is 23.2 Å². The molecule has 0 aromatic carbocycles. The number of nitrogens with zero attached hydrogens (tertiary/aromatic N) is 1. The minimum atomic E-state index is -0.0752. The topological polar surface area (TPSA) is 52.9 Å². The van der Waals surface area contributed by atoms with E-state index in [1.807, 2.05) is 0 Å². The van der Waals surface area contributed by atoms with E-state index >= 15 is 0 Å². The van der Waals surface area contributed by atoms with Gasteiger partial charge < -0.3 is 5.32 Å². The summed E-state index contributed by atoms with van der Waals surface area (Å²) in [6, 6.07) is 2.26. The van der Waals surface area contributed by atoms with Crippen molar-refractivity contribution in [2.45, 2.75) is 46.1 Å². The summed E-state index contributed by atoms with van der Waals surface area (Å²) in [4.78, 5) is 11.1. The third-order valence-corrected chi connectivity index (χ3v) is 3.27. The first-order valence-electron chi connectivity index (χ1n) is 5.99. The number of hydrogen-bond acceptors (Lipinski definition) is 2. The van der Waals surface area contributed by atoms with Crippen molar-refractivity contribution in [3.63, 3.8) is 0 Å². The van der Waals surface area contributed by atoms with Crippen molar-refractivity contribution in [3.05, 3.63) is 11.6 Å². The Labute approximate surface area is 97.5 Å². The summed E-state index contributed by atoms with van der Waals surface area (Å²) in [5.74, 6) is 0.359.